The molecule has 1 saturated carbocycles. The highest BCUT2D eigenvalue weighted by Crippen LogP contribution is 2.33. The molecule has 4 rings (SSSR count). The maximum atomic E-state index is 13.3. The average Bonchev–Trinajstić information content (AvgIpc) is 3.76. The minimum Gasteiger partial charge on any atom is -0.493 e. The Bertz CT molecular complexity index is 1150. The first-order valence-electron chi connectivity index (χ1n) is 13.8. The third kappa shape index (κ3) is 8.17. The second kappa shape index (κ2) is 14.1. The first-order chi connectivity index (χ1) is 19.4. The van der Waals surface area contributed by atoms with Crippen molar-refractivity contribution in [3.05, 3.63) is 53.9 Å². The van der Waals surface area contributed by atoms with Gasteiger partial charge in [-0.25, -0.2) is 9.78 Å². The van der Waals surface area contributed by atoms with Gasteiger partial charge < -0.3 is 29.0 Å². The van der Waals surface area contributed by atoms with Gasteiger partial charge in [0, 0.05) is 25.8 Å². The van der Waals surface area contributed by atoms with Gasteiger partial charge in [-0.05, 0) is 56.4 Å². The van der Waals surface area contributed by atoms with Crippen molar-refractivity contribution in [2.45, 2.75) is 70.6 Å². The van der Waals surface area contributed by atoms with Crippen LogP contribution >= 0.6 is 0 Å². The third-order valence-corrected chi connectivity index (χ3v) is 7.22. The summed E-state index contributed by atoms with van der Waals surface area (Å²) >= 11 is 0. The molecule has 1 N–H and O–H groups in total. The van der Waals surface area contributed by atoms with E-state index in [1.165, 1.54) is 44.7 Å². The molecule has 0 spiro atoms. The predicted molar refractivity (Wildman–Crippen MR) is 145 cm³/mol. The molecule has 1 aromatic heterocycles. The van der Waals surface area contributed by atoms with Crippen molar-refractivity contribution < 1.29 is 38.1 Å². The zero-order valence-electron chi connectivity index (χ0n) is 23.3. The van der Waals surface area contributed by atoms with Crippen LogP contribution < -0.4 is 14.8 Å². The molecular weight excluding hydrogens is 516 g/mol. The molecule has 40 heavy (non-hydrogen) atoms. The van der Waals surface area contributed by atoms with Crippen LogP contribution in [0.2, 0.25) is 0 Å². The van der Waals surface area contributed by atoms with Gasteiger partial charge in [0.05, 0.1) is 13.2 Å². The molecule has 1 aromatic carbocycles. The summed E-state index contributed by atoms with van der Waals surface area (Å²) in [4.78, 5) is 41.9. The van der Waals surface area contributed by atoms with Crippen LogP contribution in [0.25, 0.3) is 0 Å². The topological polar surface area (TPSA) is 122 Å². The Kier molecular flexibility index (Phi) is 10.3. The lowest BCUT2D eigenvalue weighted by atomic mass is 9.87. The normalized spacial score (nSPS) is 23.1. The Morgan fingerprint density at radius 1 is 1.10 bits per heavy atom. The van der Waals surface area contributed by atoms with Gasteiger partial charge in [-0.15, -0.1) is 0 Å². The maximum absolute atomic E-state index is 13.3. The number of esters is 2. The fourth-order valence-electron chi connectivity index (χ4n) is 4.94. The van der Waals surface area contributed by atoms with Gasteiger partial charge >= 0.3 is 11.9 Å². The maximum Gasteiger partial charge on any atom is 0.329 e. The Balaban J connectivity index is 1.49. The predicted octanol–water partition coefficient (Wildman–Crippen LogP) is 3.86. The van der Waals surface area contributed by atoms with Gasteiger partial charge in [-0.1, -0.05) is 36.8 Å². The molecule has 2 fully saturated rings. The van der Waals surface area contributed by atoms with Crippen molar-refractivity contribution in [1.82, 2.24) is 10.3 Å². The summed E-state index contributed by atoms with van der Waals surface area (Å²) in [6.45, 7) is 3.34. The van der Waals surface area contributed by atoms with E-state index in [1.807, 2.05) is 25.1 Å². The van der Waals surface area contributed by atoms with Gasteiger partial charge in [-0.2, -0.15) is 0 Å². The Morgan fingerprint density at radius 2 is 1.88 bits per heavy atom. The number of pyridine rings is 1. The summed E-state index contributed by atoms with van der Waals surface area (Å²) in [7, 11) is 1.42. The van der Waals surface area contributed by atoms with E-state index in [0.717, 1.165) is 12.8 Å². The second-order valence-corrected chi connectivity index (χ2v) is 10.4. The monoisotopic (exact) mass is 554 g/mol. The van der Waals surface area contributed by atoms with Crippen LogP contribution in [0.5, 0.6) is 11.5 Å². The van der Waals surface area contributed by atoms with Crippen molar-refractivity contribution in [3.8, 4) is 11.5 Å². The molecule has 1 amide bonds. The van der Waals surface area contributed by atoms with Crippen molar-refractivity contribution in [2.75, 3.05) is 20.5 Å². The molecule has 2 heterocycles. The summed E-state index contributed by atoms with van der Waals surface area (Å²) in [5.41, 5.74) is 1.11. The van der Waals surface area contributed by atoms with Gasteiger partial charge in [0.1, 0.15) is 12.1 Å². The molecule has 10 heteroatoms. The van der Waals surface area contributed by atoms with Crippen LogP contribution in [0.15, 0.2) is 42.6 Å². The highest BCUT2D eigenvalue weighted by Gasteiger charge is 2.36. The standard InChI is InChI=1S/C30H38N2O8/c1-19-27(37-17-22-12-13-22)23(16-21-8-5-4-6-9-21)10-7-11-24(30(35)40-19)32-29(34)26-28(39-18-38-20(2)33)25(36-3)14-15-31-26/h4-6,8-9,14-15,19,22-24,27H,7,10-13,16-18H2,1-3H3,(H,32,34). The number of aromatic nitrogens is 1. The largest absolute Gasteiger partial charge is 0.493 e. The van der Waals surface area contributed by atoms with Gasteiger partial charge in [0.15, 0.2) is 17.2 Å². The number of rotatable bonds is 11. The van der Waals surface area contributed by atoms with E-state index in [0.29, 0.717) is 25.4 Å². The second-order valence-electron chi connectivity index (χ2n) is 10.4. The molecule has 10 nitrogen and oxygen atoms in total. The molecule has 4 unspecified atom stereocenters. The molecule has 4 atom stereocenters. The zero-order valence-corrected chi connectivity index (χ0v) is 23.3. The molecule has 1 aliphatic heterocycles. The number of cyclic esters (lactones) is 1. The Hall–Kier alpha value is -3.66. The SMILES string of the molecule is COc1ccnc(C(=O)NC2CCCC(Cc3ccccc3)C(OCC3CC3)C(C)OC2=O)c1OCOC(C)=O. The molecule has 2 aliphatic rings. The average molecular weight is 555 g/mol. The molecule has 216 valence electrons. The van der Waals surface area contributed by atoms with Gasteiger partial charge in [0.25, 0.3) is 5.91 Å². The molecule has 1 aliphatic carbocycles. The summed E-state index contributed by atoms with van der Waals surface area (Å²) in [6.07, 6.45) is 5.70. The number of nitrogens with one attached hydrogen (secondary N) is 1. The number of hydrogen-bond donors (Lipinski definition) is 1. The number of ether oxygens (including phenoxy) is 5. The first-order valence-corrected chi connectivity index (χ1v) is 13.8. The van der Waals surface area contributed by atoms with Crippen molar-refractivity contribution in [3.63, 3.8) is 0 Å². The highest BCUT2D eigenvalue weighted by atomic mass is 16.7. The van der Waals surface area contributed by atoms with Gasteiger partial charge in [-0.3, -0.25) is 9.59 Å². The number of carbonyl (C=O) groups is 3. The zero-order chi connectivity index (χ0) is 28.5. The summed E-state index contributed by atoms with van der Waals surface area (Å²) < 4.78 is 27.9. The smallest absolute Gasteiger partial charge is 0.329 e. The number of benzene rings is 1. The van der Waals surface area contributed by atoms with Crippen LogP contribution in [0.4, 0.5) is 0 Å². The minimum atomic E-state index is -0.885. The Morgan fingerprint density at radius 3 is 2.58 bits per heavy atom. The third-order valence-electron chi connectivity index (χ3n) is 7.22. The van der Waals surface area contributed by atoms with Crippen LogP contribution in [-0.4, -0.2) is 61.6 Å². The molecule has 1 saturated heterocycles. The lowest BCUT2D eigenvalue weighted by Crippen LogP contribution is -2.45. The van der Waals surface area contributed by atoms with E-state index in [9.17, 15) is 14.4 Å². The van der Waals surface area contributed by atoms with Crippen molar-refractivity contribution in [1.29, 1.82) is 0 Å². The molecule has 0 bridgehead atoms. The fraction of sp³-hybridized carbons (Fsp3) is 0.533. The Labute approximate surface area is 234 Å². The van der Waals surface area contributed by atoms with Crippen LogP contribution in [0.1, 0.15) is 62.0 Å². The summed E-state index contributed by atoms with van der Waals surface area (Å²) in [5, 5.41) is 2.77. The number of carbonyl (C=O) groups excluding carboxylic acids is 3. The van der Waals surface area contributed by atoms with Crippen LogP contribution in [0, 0.1) is 11.8 Å². The molecular formula is C30H38N2O8. The lowest BCUT2D eigenvalue weighted by Gasteiger charge is -2.31. The fourth-order valence-corrected chi connectivity index (χ4v) is 4.94. The first kappa shape index (κ1) is 29.3. The van der Waals surface area contributed by atoms with E-state index in [1.54, 1.807) is 0 Å². The minimum absolute atomic E-state index is 0.00465. The van der Waals surface area contributed by atoms with Crippen LogP contribution in [0.3, 0.4) is 0 Å². The summed E-state index contributed by atoms with van der Waals surface area (Å²) in [6, 6.07) is 10.9. The lowest BCUT2D eigenvalue weighted by molar-refractivity contribution is -0.161. The molecule has 0 radical (unpaired) electrons. The highest BCUT2D eigenvalue weighted by molar-refractivity contribution is 5.98. The van der Waals surface area contributed by atoms with E-state index >= 15 is 0 Å². The van der Waals surface area contributed by atoms with Crippen molar-refractivity contribution in [2.24, 2.45) is 11.8 Å². The number of amides is 1. The van der Waals surface area contributed by atoms with Crippen molar-refractivity contribution >= 4 is 17.8 Å². The van der Waals surface area contributed by atoms with Gasteiger partial charge in [0.2, 0.25) is 6.79 Å². The van der Waals surface area contributed by atoms with E-state index < -0.39 is 36.8 Å². The van der Waals surface area contributed by atoms with Crippen LogP contribution in [-0.2, 0) is 30.2 Å². The molecule has 2 aromatic rings. The van der Waals surface area contributed by atoms with E-state index in [-0.39, 0.29) is 29.2 Å². The van der Waals surface area contributed by atoms with E-state index in [2.05, 4.69) is 22.4 Å². The number of nitrogens with zero attached hydrogens (tertiary/aromatic N) is 1. The van der Waals surface area contributed by atoms with E-state index in [4.69, 9.17) is 23.7 Å². The number of methoxy groups -OCH3 is 1. The quantitative estimate of drug-likeness (QED) is 0.326. The number of hydrogen-bond acceptors (Lipinski definition) is 9. The summed E-state index contributed by atoms with van der Waals surface area (Å²) in [5.74, 6) is -0.726.